The molecule has 0 nitrogen and oxygen atoms in total. The third kappa shape index (κ3) is 6.78. The van der Waals surface area contributed by atoms with Crippen LogP contribution in [0, 0.1) is 0 Å². The predicted octanol–water partition coefficient (Wildman–Crippen LogP) is 12.9. The number of unbranched alkanes of at least 4 members (excludes halogenated alkanes) is 1. The molecule has 0 radical (unpaired) electrons. The van der Waals surface area contributed by atoms with Crippen LogP contribution in [0.15, 0.2) is 169 Å². The van der Waals surface area contributed by atoms with E-state index >= 15 is 0 Å². The molecule has 0 aliphatic heterocycles. The van der Waals surface area contributed by atoms with Crippen LogP contribution in [0.25, 0.3) is 43.5 Å². The molecular formula is C47H43P. The molecule has 0 heterocycles. The normalized spacial score (nSPS) is 17.5. The molecule has 2 atom stereocenters. The lowest BCUT2D eigenvalue weighted by atomic mass is 9.81. The van der Waals surface area contributed by atoms with Crippen molar-refractivity contribution in [3.8, 4) is 0 Å². The van der Waals surface area contributed by atoms with Crippen LogP contribution in [0.2, 0.25) is 0 Å². The average Bonchev–Trinajstić information content (AvgIpc) is 3.14. The standard InChI is InChI=1S/C47H43P/c1-2-35(21-11-6-4-3-5-8-18-34-19-9-7-10-20-34)46-42-27-14-15-28-43(42)47(45-33-39(48)30-31-44(45)46)38-25-16-24-37(32-38)41-29-17-23-36-22-12-13-26-40(36)41/h5-19,21-23,25-33,37H,2-4,20,24,48H2,1H3/b8-5-,11-6-,34-18-,35-21+. The van der Waals surface area contributed by atoms with Gasteiger partial charge in [-0.2, -0.15) is 0 Å². The highest BCUT2D eigenvalue weighted by Gasteiger charge is 2.21. The highest BCUT2D eigenvalue weighted by molar-refractivity contribution is 7.27. The molecule has 236 valence electrons. The van der Waals surface area contributed by atoms with Gasteiger partial charge in [-0.1, -0.05) is 165 Å². The van der Waals surface area contributed by atoms with Gasteiger partial charge in [0.05, 0.1) is 0 Å². The highest BCUT2D eigenvalue weighted by atomic mass is 31.0. The van der Waals surface area contributed by atoms with Gasteiger partial charge in [-0.25, -0.2) is 0 Å². The monoisotopic (exact) mass is 638 g/mol. The van der Waals surface area contributed by atoms with Crippen LogP contribution in [0.3, 0.4) is 0 Å². The fraction of sp³-hybridized carbons (Fsp3) is 0.149. The predicted molar refractivity (Wildman–Crippen MR) is 216 cm³/mol. The first-order valence-electron chi connectivity index (χ1n) is 17.4. The van der Waals surface area contributed by atoms with Crippen LogP contribution in [-0.4, -0.2) is 0 Å². The Labute approximate surface area is 288 Å². The van der Waals surface area contributed by atoms with E-state index < -0.39 is 0 Å². The van der Waals surface area contributed by atoms with Crippen LogP contribution >= 0.6 is 9.24 Å². The van der Waals surface area contributed by atoms with Crippen molar-refractivity contribution in [1.82, 2.24) is 0 Å². The Morgan fingerprint density at radius 3 is 2.35 bits per heavy atom. The summed E-state index contributed by atoms with van der Waals surface area (Å²) in [5.41, 5.74) is 8.13. The molecule has 2 aliphatic carbocycles. The average molecular weight is 639 g/mol. The van der Waals surface area contributed by atoms with Crippen molar-refractivity contribution in [2.75, 3.05) is 0 Å². The smallest absolute Gasteiger partial charge is 0.00679 e. The summed E-state index contributed by atoms with van der Waals surface area (Å²) >= 11 is 0. The zero-order chi connectivity index (χ0) is 32.7. The van der Waals surface area contributed by atoms with E-state index in [2.05, 4.69) is 180 Å². The maximum absolute atomic E-state index is 2.93. The molecule has 7 rings (SSSR count). The molecule has 5 aromatic rings. The van der Waals surface area contributed by atoms with Crippen molar-refractivity contribution in [2.24, 2.45) is 0 Å². The van der Waals surface area contributed by atoms with Crippen molar-refractivity contribution in [3.63, 3.8) is 0 Å². The van der Waals surface area contributed by atoms with E-state index in [4.69, 9.17) is 0 Å². The first-order valence-corrected chi connectivity index (χ1v) is 17.9. The van der Waals surface area contributed by atoms with Crippen molar-refractivity contribution in [2.45, 2.75) is 44.9 Å². The third-order valence-electron chi connectivity index (χ3n) is 9.62. The van der Waals surface area contributed by atoms with Crippen LogP contribution in [0.5, 0.6) is 0 Å². The van der Waals surface area contributed by atoms with Crippen molar-refractivity contribution >= 4 is 58.0 Å². The number of benzene rings is 5. The molecule has 48 heavy (non-hydrogen) atoms. The van der Waals surface area contributed by atoms with Gasteiger partial charge in [0.25, 0.3) is 0 Å². The lowest BCUT2D eigenvalue weighted by molar-refractivity contribution is 0.866. The second-order valence-corrected chi connectivity index (χ2v) is 13.4. The highest BCUT2D eigenvalue weighted by Crippen LogP contribution is 2.43. The summed E-state index contributed by atoms with van der Waals surface area (Å²) in [5, 5.41) is 9.13. The summed E-state index contributed by atoms with van der Waals surface area (Å²) in [5.74, 6) is 0.327. The van der Waals surface area contributed by atoms with Crippen LogP contribution < -0.4 is 5.30 Å². The first-order chi connectivity index (χ1) is 23.7. The van der Waals surface area contributed by atoms with Crippen molar-refractivity contribution in [3.05, 3.63) is 186 Å². The summed E-state index contributed by atoms with van der Waals surface area (Å²) in [6, 6.07) is 31.5. The number of hydrogen-bond acceptors (Lipinski definition) is 0. The second kappa shape index (κ2) is 15.0. The molecule has 0 N–H and O–H groups in total. The van der Waals surface area contributed by atoms with Gasteiger partial charge >= 0.3 is 0 Å². The first kappa shape index (κ1) is 31.8. The lowest BCUT2D eigenvalue weighted by Crippen LogP contribution is -2.03. The molecule has 0 spiro atoms. The molecule has 0 aromatic heterocycles. The Kier molecular flexibility index (Phi) is 9.93. The zero-order valence-electron chi connectivity index (χ0n) is 27.8. The minimum absolute atomic E-state index is 0.327. The fourth-order valence-corrected chi connectivity index (χ4v) is 7.55. The number of fused-ring (bicyclic) bond motifs is 3. The molecule has 2 aliphatic rings. The van der Waals surface area contributed by atoms with E-state index in [0.717, 1.165) is 32.1 Å². The third-order valence-corrected chi connectivity index (χ3v) is 9.98. The van der Waals surface area contributed by atoms with E-state index in [1.54, 1.807) is 0 Å². The summed E-state index contributed by atoms with van der Waals surface area (Å²) in [7, 11) is 2.93. The van der Waals surface area contributed by atoms with Gasteiger partial charge in [0.1, 0.15) is 0 Å². The molecule has 0 saturated carbocycles. The molecule has 0 bridgehead atoms. The van der Waals surface area contributed by atoms with E-state index in [0.29, 0.717) is 5.92 Å². The molecule has 2 unspecified atom stereocenters. The minimum atomic E-state index is 0.327. The van der Waals surface area contributed by atoms with Crippen LogP contribution in [-0.2, 0) is 0 Å². The lowest BCUT2D eigenvalue weighted by Gasteiger charge is -2.23. The summed E-state index contributed by atoms with van der Waals surface area (Å²) < 4.78 is 0. The molecule has 0 amide bonds. The van der Waals surface area contributed by atoms with E-state index in [1.165, 1.54) is 71.0 Å². The van der Waals surface area contributed by atoms with Gasteiger partial charge in [-0.15, -0.1) is 9.24 Å². The SMILES string of the molecule is CC/C(=C\C=C/CC/C=C\C=C1\C=CC=CC1)c1c2ccccc2c(C2=CC(c3cccc4ccccc34)CC=C2)c2cc(P)ccc12. The molecule has 1 heteroatoms. The molecule has 5 aromatic carbocycles. The quantitative estimate of drug-likeness (QED) is 0.0652. The zero-order valence-corrected chi connectivity index (χ0v) is 28.9. The van der Waals surface area contributed by atoms with Gasteiger partial charge in [-0.3, -0.25) is 0 Å². The van der Waals surface area contributed by atoms with Crippen molar-refractivity contribution < 1.29 is 0 Å². The van der Waals surface area contributed by atoms with Crippen LogP contribution in [0.1, 0.15) is 61.6 Å². The Balaban J connectivity index is 1.26. The summed E-state index contributed by atoms with van der Waals surface area (Å²) in [6.45, 7) is 2.28. The van der Waals surface area contributed by atoms with Crippen LogP contribution in [0.4, 0.5) is 0 Å². The van der Waals surface area contributed by atoms with Gasteiger partial charge < -0.3 is 0 Å². The van der Waals surface area contributed by atoms with E-state index in [9.17, 15) is 0 Å². The minimum Gasteiger partial charge on any atom is -0.106 e. The molecular weight excluding hydrogens is 595 g/mol. The Hall–Kier alpha value is -4.77. The largest absolute Gasteiger partial charge is 0.106 e. The Morgan fingerprint density at radius 2 is 1.52 bits per heavy atom. The Bertz CT molecular complexity index is 2220. The molecule has 0 fully saturated rings. The fourth-order valence-electron chi connectivity index (χ4n) is 7.28. The van der Waals surface area contributed by atoms with Gasteiger partial charge in [-0.05, 0) is 109 Å². The molecule has 0 saturated heterocycles. The summed E-state index contributed by atoms with van der Waals surface area (Å²) in [6.07, 6.45) is 34.5. The van der Waals surface area contributed by atoms with Crippen molar-refractivity contribution in [1.29, 1.82) is 0 Å². The van der Waals surface area contributed by atoms with E-state index in [-0.39, 0.29) is 0 Å². The second-order valence-electron chi connectivity index (χ2n) is 12.7. The summed E-state index contributed by atoms with van der Waals surface area (Å²) in [4.78, 5) is 0. The maximum atomic E-state index is 2.93. The van der Waals surface area contributed by atoms with E-state index in [1.807, 2.05) is 0 Å². The number of hydrogen-bond donors (Lipinski definition) is 0. The maximum Gasteiger partial charge on any atom is 0.00679 e. The van der Waals surface area contributed by atoms with Gasteiger partial charge in [0.15, 0.2) is 0 Å². The Morgan fingerprint density at radius 1 is 0.750 bits per heavy atom. The number of allylic oxidation sites excluding steroid dienone is 16. The topological polar surface area (TPSA) is 0 Å². The number of rotatable bonds is 9. The van der Waals surface area contributed by atoms with Gasteiger partial charge in [0, 0.05) is 5.92 Å². The van der Waals surface area contributed by atoms with Gasteiger partial charge in [0.2, 0.25) is 0 Å².